The Morgan fingerprint density at radius 2 is 2.15 bits per heavy atom. The van der Waals surface area contributed by atoms with Gasteiger partial charge in [0.1, 0.15) is 11.6 Å². The molecule has 1 atom stereocenters. The molecular formula is C13H12F2N2O3. The fraction of sp³-hybridized carbons (Fsp3) is 0.231. The fourth-order valence-corrected chi connectivity index (χ4v) is 1.76. The molecule has 0 aliphatic rings. The number of nitro groups is 1. The van der Waals surface area contributed by atoms with E-state index in [4.69, 9.17) is 4.42 Å². The molecule has 1 aromatic heterocycles. The molecule has 1 N–H and O–H groups in total. The molecule has 0 fully saturated rings. The first-order valence-electron chi connectivity index (χ1n) is 5.88. The van der Waals surface area contributed by atoms with Crippen LogP contribution in [0.3, 0.4) is 0 Å². The monoisotopic (exact) mass is 282 g/mol. The highest BCUT2D eigenvalue weighted by atomic mass is 19.1. The lowest BCUT2D eigenvalue weighted by Crippen LogP contribution is -2.18. The molecule has 0 aliphatic heterocycles. The van der Waals surface area contributed by atoms with Crippen LogP contribution >= 0.6 is 0 Å². The molecular weight excluding hydrogens is 270 g/mol. The summed E-state index contributed by atoms with van der Waals surface area (Å²) in [5.74, 6) is -1.36. The standard InChI is InChI=1S/C13H12F2N2O3/c1-8(13-3-2-4-20-13)16-7-9-5-12(17(18)19)11(15)6-10(9)14/h2-6,8,16H,7H2,1H3/t8-/m1/s1. The zero-order valence-corrected chi connectivity index (χ0v) is 10.6. The van der Waals surface area contributed by atoms with Gasteiger partial charge < -0.3 is 9.73 Å². The maximum Gasteiger partial charge on any atom is 0.305 e. The van der Waals surface area contributed by atoms with Gasteiger partial charge in [0.25, 0.3) is 0 Å². The quantitative estimate of drug-likeness (QED) is 0.674. The van der Waals surface area contributed by atoms with Crippen LogP contribution in [0.5, 0.6) is 0 Å². The third-order valence-corrected chi connectivity index (χ3v) is 2.88. The van der Waals surface area contributed by atoms with Crippen molar-refractivity contribution in [3.63, 3.8) is 0 Å². The van der Waals surface area contributed by atoms with Crippen LogP contribution in [0.4, 0.5) is 14.5 Å². The summed E-state index contributed by atoms with van der Waals surface area (Å²) < 4.78 is 31.9. The Balaban J connectivity index is 2.13. The van der Waals surface area contributed by atoms with Crippen molar-refractivity contribution >= 4 is 5.69 Å². The molecule has 0 amide bonds. The maximum atomic E-state index is 13.6. The van der Waals surface area contributed by atoms with Gasteiger partial charge in [-0.15, -0.1) is 0 Å². The number of benzene rings is 1. The molecule has 0 saturated carbocycles. The van der Waals surface area contributed by atoms with Crippen molar-refractivity contribution in [1.29, 1.82) is 0 Å². The first-order valence-corrected chi connectivity index (χ1v) is 5.88. The number of hydrogen-bond acceptors (Lipinski definition) is 4. The van der Waals surface area contributed by atoms with E-state index >= 15 is 0 Å². The van der Waals surface area contributed by atoms with Gasteiger partial charge >= 0.3 is 5.69 Å². The van der Waals surface area contributed by atoms with Crippen molar-refractivity contribution < 1.29 is 18.1 Å². The molecule has 0 radical (unpaired) electrons. The SMILES string of the molecule is C[C@@H](NCc1cc([N+](=O)[O-])c(F)cc1F)c1ccco1. The van der Waals surface area contributed by atoms with Crippen LogP contribution in [0.1, 0.15) is 24.3 Å². The summed E-state index contributed by atoms with van der Waals surface area (Å²) in [4.78, 5) is 9.74. The summed E-state index contributed by atoms with van der Waals surface area (Å²) in [6.45, 7) is 1.82. The van der Waals surface area contributed by atoms with Crippen molar-refractivity contribution in [2.75, 3.05) is 0 Å². The van der Waals surface area contributed by atoms with E-state index in [0.29, 0.717) is 11.8 Å². The summed E-state index contributed by atoms with van der Waals surface area (Å²) in [6.07, 6.45) is 1.51. The van der Waals surface area contributed by atoms with Gasteiger partial charge in [0.15, 0.2) is 0 Å². The number of nitrogens with one attached hydrogen (secondary N) is 1. The van der Waals surface area contributed by atoms with Crippen LogP contribution in [0.2, 0.25) is 0 Å². The van der Waals surface area contributed by atoms with E-state index in [9.17, 15) is 18.9 Å². The lowest BCUT2D eigenvalue weighted by Gasteiger charge is -2.11. The van der Waals surface area contributed by atoms with Gasteiger partial charge in [-0.3, -0.25) is 10.1 Å². The van der Waals surface area contributed by atoms with Crippen LogP contribution in [-0.2, 0) is 6.54 Å². The van der Waals surface area contributed by atoms with Crippen LogP contribution in [0.25, 0.3) is 0 Å². The Bertz CT molecular complexity index is 614. The van der Waals surface area contributed by atoms with E-state index < -0.39 is 22.2 Å². The van der Waals surface area contributed by atoms with Crippen molar-refractivity contribution in [1.82, 2.24) is 5.32 Å². The number of rotatable bonds is 5. The molecule has 0 saturated heterocycles. The van der Waals surface area contributed by atoms with Crippen LogP contribution in [-0.4, -0.2) is 4.92 Å². The Morgan fingerprint density at radius 3 is 2.75 bits per heavy atom. The van der Waals surface area contributed by atoms with Gasteiger partial charge in [-0.1, -0.05) is 0 Å². The third kappa shape index (κ3) is 3.00. The summed E-state index contributed by atoms with van der Waals surface area (Å²) in [5.41, 5.74) is -0.717. The third-order valence-electron chi connectivity index (χ3n) is 2.88. The predicted molar refractivity (Wildman–Crippen MR) is 67.0 cm³/mol. The minimum Gasteiger partial charge on any atom is -0.468 e. The maximum absolute atomic E-state index is 13.6. The fourth-order valence-electron chi connectivity index (χ4n) is 1.76. The lowest BCUT2D eigenvalue weighted by molar-refractivity contribution is -0.387. The molecule has 0 bridgehead atoms. The average molecular weight is 282 g/mol. The van der Waals surface area contributed by atoms with E-state index in [-0.39, 0.29) is 18.2 Å². The van der Waals surface area contributed by atoms with Crippen molar-refractivity contribution in [2.45, 2.75) is 19.5 Å². The van der Waals surface area contributed by atoms with E-state index in [1.807, 2.05) is 0 Å². The topological polar surface area (TPSA) is 68.3 Å². The Hall–Kier alpha value is -2.28. The zero-order valence-electron chi connectivity index (χ0n) is 10.6. The van der Waals surface area contributed by atoms with E-state index in [1.54, 1.807) is 19.1 Å². The largest absolute Gasteiger partial charge is 0.468 e. The Kier molecular flexibility index (Phi) is 4.09. The smallest absolute Gasteiger partial charge is 0.305 e. The van der Waals surface area contributed by atoms with Crippen LogP contribution in [0.15, 0.2) is 34.9 Å². The van der Waals surface area contributed by atoms with Crippen LogP contribution in [0, 0.1) is 21.7 Å². The molecule has 7 heteroatoms. The summed E-state index contributed by atoms with van der Waals surface area (Å²) >= 11 is 0. The minimum atomic E-state index is -1.18. The average Bonchev–Trinajstić information content (AvgIpc) is 2.90. The van der Waals surface area contributed by atoms with Gasteiger partial charge in [0.2, 0.25) is 5.82 Å². The van der Waals surface area contributed by atoms with Gasteiger partial charge in [0, 0.05) is 24.2 Å². The number of hydrogen-bond donors (Lipinski definition) is 1. The van der Waals surface area contributed by atoms with Gasteiger partial charge in [-0.05, 0) is 19.1 Å². The van der Waals surface area contributed by atoms with Crippen molar-refractivity contribution in [2.24, 2.45) is 0 Å². The molecule has 0 aliphatic carbocycles. The molecule has 1 heterocycles. The second-order valence-corrected chi connectivity index (χ2v) is 4.27. The summed E-state index contributed by atoms with van der Waals surface area (Å²) in [7, 11) is 0. The summed E-state index contributed by atoms with van der Waals surface area (Å²) in [5, 5.41) is 13.6. The zero-order chi connectivity index (χ0) is 14.7. The first kappa shape index (κ1) is 14.1. The Labute approximate surface area is 113 Å². The van der Waals surface area contributed by atoms with Crippen LogP contribution < -0.4 is 5.32 Å². The second kappa shape index (κ2) is 5.79. The highest BCUT2D eigenvalue weighted by Crippen LogP contribution is 2.22. The molecule has 0 unspecified atom stereocenters. The lowest BCUT2D eigenvalue weighted by atomic mass is 10.1. The summed E-state index contributed by atoms with van der Waals surface area (Å²) in [6, 6.07) is 4.69. The first-order chi connectivity index (χ1) is 9.49. The van der Waals surface area contributed by atoms with E-state index in [2.05, 4.69) is 5.32 Å². The number of nitro benzene ring substituents is 1. The molecule has 5 nitrogen and oxygen atoms in total. The molecule has 1 aromatic carbocycles. The highest BCUT2D eigenvalue weighted by Gasteiger charge is 2.19. The van der Waals surface area contributed by atoms with Gasteiger partial charge in [-0.2, -0.15) is 4.39 Å². The minimum absolute atomic E-state index is 0.0226. The molecule has 2 aromatic rings. The highest BCUT2D eigenvalue weighted by molar-refractivity contribution is 5.37. The molecule has 106 valence electrons. The normalized spacial score (nSPS) is 12.3. The number of nitrogens with zero attached hydrogens (tertiary/aromatic N) is 1. The Morgan fingerprint density at radius 1 is 1.40 bits per heavy atom. The number of furan rings is 1. The number of halogens is 2. The molecule has 20 heavy (non-hydrogen) atoms. The van der Waals surface area contributed by atoms with Crippen molar-refractivity contribution in [3.05, 3.63) is 63.6 Å². The van der Waals surface area contributed by atoms with E-state index in [0.717, 1.165) is 6.07 Å². The molecule has 0 spiro atoms. The second-order valence-electron chi connectivity index (χ2n) is 4.27. The van der Waals surface area contributed by atoms with Crippen molar-refractivity contribution in [3.8, 4) is 0 Å². The van der Waals surface area contributed by atoms with Gasteiger partial charge in [0.05, 0.1) is 17.2 Å². The molecule has 2 rings (SSSR count). The predicted octanol–water partition coefficient (Wildman–Crippen LogP) is 3.32. The van der Waals surface area contributed by atoms with Gasteiger partial charge in [-0.25, -0.2) is 4.39 Å². The van der Waals surface area contributed by atoms with E-state index in [1.165, 1.54) is 6.26 Å².